The van der Waals surface area contributed by atoms with E-state index in [0.29, 0.717) is 0 Å². The molecule has 8 heteroatoms. The average molecular weight is 310 g/mol. The molecule has 0 radical (unpaired) electrons. The summed E-state index contributed by atoms with van der Waals surface area (Å²) in [5.74, 6) is 0. The molecule has 0 bridgehead atoms. The van der Waals surface area contributed by atoms with Crippen molar-refractivity contribution in [1.29, 1.82) is 0 Å². The van der Waals surface area contributed by atoms with Crippen molar-refractivity contribution in [2.24, 2.45) is 0 Å². The SMILES string of the molecule is C=CCOC(O[PH](=O)OC(OCC=C)C(C)O)C(C)O. The summed E-state index contributed by atoms with van der Waals surface area (Å²) in [6, 6.07) is 0. The molecule has 0 heterocycles. The number of aliphatic hydroxyl groups is 2. The summed E-state index contributed by atoms with van der Waals surface area (Å²) in [7, 11) is -3.02. The van der Waals surface area contributed by atoms with Gasteiger partial charge in [0.05, 0.1) is 13.2 Å². The van der Waals surface area contributed by atoms with Crippen LogP contribution < -0.4 is 0 Å². The summed E-state index contributed by atoms with van der Waals surface area (Å²) in [5, 5.41) is 18.8. The Morgan fingerprint density at radius 2 is 1.35 bits per heavy atom. The zero-order valence-corrected chi connectivity index (χ0v) is 12.7. The topological polar surface area (TPSA) is 94.5 Å². The largest absolute Gasteiger partial charge is 0.388 e. The van der Waals surface area contributed by atoms with Gasteiger partial charge in [-0.15, -0.1) is 13.2 Å². The van der Waals surface area contributed by atoms with E-state index in [1.54, 1.807) is 0 Å². The molecule has 0 fully saturated rings. The van der Waals surface area contributed by atoms with Crippen LogP contribution in [0.25, 0.3) is 0 Å². The normalized spacial score (nSPS) is 18.8. The maximum absolute atomic E-state index is 11.7. The molecule has 0 spiro atoms. The smallest absolute Gasteiger partial charge is 0.323 e. The minimum atomic E-state index is -3.02. The Morgan fingerprint density at radius 3 is 1.60 bits per heavy atom. The van der Waals surface area contributed by atoms with Gasteiger partial charge in [-0.2, -0.15) is 0 Å². The van der Waals surface area contributed by atoms with Crippen molar-refractivity contribution < 1.29 is 33.3 Å². The van der Waals surface area contributed by atoms with Crippen molar-refractivity contribution in [2.75, 3.05) is 13.2 Å². The molecular weight excluding hydrogens is 287 g/mol. The molecule has 118 valence electrons. The van der Waals surface area contributed by atoms with Gasteiger partial charge in [-0.05, 0) is 13.8 Å². The minimum Gasteiger partial charge on any atom is -0.388 e. The second-order valence-electron chi connectivity index (χ2n) is 3.95. The van der Waals surface area contributed by atoms with Crippen LogP contribution in [0.2, 0.25) is 0 Å². The van der Waals surface area contributed by atoms with Gasteiger partial charge < -0.3 is 19.7 Å². The number of ether oxygens (including phenoxy) is 2. The van der Waals surface area contributed by atoms with Gasteiger partial charge in [0, 0.05) is 0 Å². The molecule has 20 heavy (non-hydrogen) atoms. The molecule has 4 atom stereocenters. The first kappa shape index (κ1) is 19.5. The number of hydrogen-bond donors (Lipinski definition) is 2. The lowest BCUT2D eigenvalue weighted by atomic mass is 10.4. The molecular formula is C12H23O7P. The first-order valence-corrected chi connectivity index (χ1v) is 7.33. The maximum Gasteiger partial charge on any atom is 0.323 e. The van der Waals surface area contributed by atoms with Crippen LogP contribution in [0, 0.1) is 0 Å². The fraction of sp³-hybridized carbons (Fsp3) is 0.667. The summed E-state index contributed by atoms with van der Waals surface area (Å²) < 4.78 is 31.8. The molecule has 0 rings (SSSR count). The van der Waals surface area contributed by atoms with E-state index in [9.17, 15) is 14.8 Å². The van der Waals surface area contributed by atoms with Crippen molar-refractivity contribution in [1.82, 2.24) is 0 Å². The molecule has 0 aromatic carbocycles. The standard InChI is InChI=1S/C12H23O7P/c1-5-7-16-11(9(3)13)18-20(15)19-12(10(4)14)17-8-6-2/h5-6,9-14,20H,1-2,7-8H2,3-4H3. The van der Waals surface area contributed by atoms with E-state index < -0.39 is 33.0 Å². The van der Waals surface area contributed by atoms with Crippen molar-refractivity contribution in [2.45, 2.75) is 38.6 Å². The Bertz CT molecular complexity index is 278. The highest BCUT2D eigenvalue weighted by molar-refractivity contribution is 7.33. The third-order valence-corrected chi connectivity index (χ3v) is 2.82. The highest BCUT2D eigenvalue weighted by Crippen LogP contribution is 2.30. The monoisotopic (exact) mass is 310 g/mol. The molecule has 0 aliphatic carbocycles. The van der Waals surface area contributed by atoms with E-state index in [1.807, 2.05) is 0 Å². The van der Waals surface area contributed by atoms with Gasteiger partial charge in [-0.25, -0.2) is 0 Å². The first-order chi connectivity index (χ1) is 9.42. The van der Waals surface area contributed by atoms with Gasteiger partial charge >= 0.3 is 8.25 Å². The zero-order chi connectivity index (χ0) is 15.5. The van der Waals surface area contributed by atoms with E-state index in [2.05, 4.69) is 13.2 Å². The average Bonchev–Trinajstić information content (AvgIpc) is 2.38. The van der Waals surface area contributed by atoms with Gasteiger partial charge in [-0.1, -0.05) is 12.2 Å². The molecule has 0 aromatic rings. The maximum atomic E-state index is 11.7. The van der Waals surface area contributed by atoms with Crippen LogP contribution in [0.15, 0.2) is 25.3 Å². The van der Waals surface area contributed by atoms with Crippen LogP contribution in [0.4, 0.5) is 0 Å². The van der Waals surface area contributed by atoms with Gasteiger partial charge in [0.15, 0.2) is 12.6 Å². The fourth-order valence-electron chi connectivity index (χ4n) is 1.09. The molecule has 7 nitrogen and oxygen atoms in total. The second-order valence-corrected chi connectivity index (χ2v) is 4.92. The Morgan fingerprint density at radius 1 is 1.00 bits per heavy atom. The van der Waals surface area contributed by atoms with Crippen LogP contribution in [0.3, 0.4) is 0 Å². The Hall–Kier alpha value is -0.530. The Labute approximate surface area is 119 Å². The number of hydrogen-bond acceptors (Lipinski definition) is 7. The number of rotatable bonds is 12. The van der Waals surface area contributed by atoms with Gasteiger partial charge in [0.25, 0.3) is 0 Å². The lowest BCUT2D eigenvalue weighted by molar-refractivity contribution is -0.159. The molecule has 4 unspecified atom stereocenters. The van der Waals surface area contributed by atoms with Crippen LogP contribution >= 0.6 is 8.25 Å². The summed E-state index contributed by atoms with van der Waals surface area (Å²) in [6.45, 7) is 9.99. The lowest BCUT2D eigenvalue weighted by Gasteiger charge is -2.23. The predicted octanol–water partition coefficient (Wildman–Crippen LogP) is 1.23. The molecule has 0 saturated heterocycles. The lowest BCUT2D eigenvalue weighted by Crippen LogP contribution is -2.30. The van der Waals surface area contributed by atoms with Crippen molar-refractivity contribution in [3.8, 4) is 0 Å². The van der Waals surface area contributed by atoms with Crippen LogP contribution in [0.5, 0.6) is 0 Å². The molecule has 0 aliphatic rings. The van der Waals surface area contributed by atoms with Crippen molar-refractivity contribution >= 4 is 8.25 Å². The Balaban J connectivity index is 4.39. The van der Waals surface area contributed by atoms with E-state index in [0.717, 1.165) is 0 Å². The fourth-order valence-corrected chi connectivity index (χ4v) is 2.05. The highest BCUT2D eigenvalue weighted by atomic mass is 31.1. The third kappa shape index (κ3) is 8.60. The molecule has 2 N–H and O–H groups in total. The summed E-state index contributed by atoms with van der Waals surface area (Å²) in [4.78, 5) is 0. The van der Waals surface area contributed by atoms with E-state index >= 15 is 0 Å². The summed E-state index contributed by atoms with van der Waals surface area (Å²) in [6.07, 6.45) is -1.33. The van der Waals surface area contributed by atoms with E-state index in [1.165, 1.54) is 26.0 Å². The van der Waals surface area contributed by atoms with Crippen LogP contribution in [0.1, 0.15) is 13.8 Å². The van der Waals surface area contributed by atoms with Crippen molar-refractivity contribution in [3.63, 3.8) is 0 Å². The third-order valence-electron chi connectivity index (χ3n) is 1.97. The van der Waals surface area contributed by atoms with Gasteiger partial charge in [0.2, 0.25) is 0 Å². The molecule has 0 amide bonds. The molecule has 0 aromatic heterocycles. The predicted molar refractivity (Wildman–Crippen MR) is 74.4 cm³/mol. The van der Waals surface area contributed by atoms with E-state index in [4.69, 9.17) is 18.5 Å². The summed E-state index contributed by atoms with van der Waals surface area (Å²) >= 11 is 0. The zero-order valence-electron chi connectivity index (χ0n) is 11.7. The second kappa shape index (κ2) is 11.2. The van der Waals surface area contributed by atoms with Crippen LogP contribution in [-0.4, -0.2) is 48.2 Å². The van der Waals surface area contributed by atoms with Gasteiger partial charge in [0.1, 0.15) is 12.2 Å². The number of aliphatic hydroxyl groups excluding tert-OH is 2. The highest BCUT2D eigenvalue weighted by Gasteiger charge is 2.24. The van der Waals surface area contributed by atoms with E-state index in [-0.39, 0.29) is 13.2 Å². The Kier molecular flexibility index (Phi) is 10.9. The minimum absolute atomic E-state index is 0.123. The van der Waals surface area contributed by atoms with Crippen molar-refractivity contribution in [3.05, 3.63) is 25.3 Å². The van der Waals surface area contributed by atoms with Gasteiger partial charge in [-0.3, -0.25) is 13.6 Å². The summed E-state index contributed by atoms with van der Waals surface area (Å²) in [5.41, 5.74) is 0. The molecule has 0 saturated carbocycles. The molecule has 0 aliphatic heterocycles. The quantitative estimate of drug-likeness (QED) is 0.318. The van der Waals surface area contributed by atoms with Crippen LogP contribution in [-0.2, 0) is 23.1 Å². The first-order valence-electron chi connectivity index (χ1n) is 6.10.